The highest BCUT2D eigenvalue weighted by molar-refractivity contribution is 5.66. The molecule has 0 bridgehead atoms. The molecule has 1 rings (SSSR count). The Balaban J connectivity index is 2.98. The Hall–Kier alpha value is -1.18. The molecule has 4 N–H and O–H groups in total. The monoisotopic (exact) mass is 318 g/mol. The molecule has 0 atom stereocenters. The first-order valence-electron chi connectivity index (χ1n) is 9.84. The van der Waals surface area contributed by atoms with E-state index in [4.69, 9.17) is 11.5 Å². The van der Waals surface area contributed by atoms with Gasteiger partial charge >= 0.3 is 0 Å². The Morgan fingerprint density at radius 2 is 1.13 bits per heavy atom. The van der Waals surface area contributed by atoms with Crippen molar-refractivity contribution in [1.29, 1.82) is 0 Å². The number of hydrogen-bond acceptors (Lipinski definition) is 2. The quantitative estimate of drug-likeness (QED) is 0.364. The lowest BCUT2D eigenvalue weighted by atomic mass is 9.90. The van der Waals surface area contributed by atoms with Crippen molar-refractivity contribution in [2.24, 2.45) is 0 Å². The minimum absolute atomic E-state index is 0.980. The molecule has 2 heteroatoms. The molecular weight excluding hydrogens is 280 g/mol. The molecule has 2 nitrogen and oxygen atoms in total. The lowest BCUT2D eigenvalue weighted by molar-refractivity contribution is 0.692. The summed E-state index contributed by atoms with van der Waals surface area (Å²) in [6, 6.07) is 2.16. The highest BCUT2D eigenvalue weighted by atomic mass is 14.6. The van der Waals surface area contributed by atoms with Crippen molar-refractivity contribution in [2.45, 2.75) is 97.8 Å². The zero-order valence-electron chi connectivity index (χ0n) is 15.7. The van der Waals surface area contributed by atoms with Crippen LogP contribution in [0, 0.1) is 0 Å². The summed E-state index contributed by atoms with van der Waals surface area (Å²) < 4.78 is 0. The largest absolute Gasteiger partial charge is 0.398 e. The smallest absolute Gasteiger partial charge is 0.0383 e. The van der Waals surface area contributed by atoms with E-state index in [9.17, 15) is 0 Å². The summed E-state index contributed by atoms with van der Waals surface area (Å²) >= 11 is 0. The van der Waals surface area contributed by atoms with Crippen LogP contribution in [0.15, 0.2) is 6.07 Å². The maximum Gasteiger partial charge on any atom is 0.0383 e. The number of nitrogens with two attached hydrogens (primary N) is 2. The Morgan fingerprint density at radius 3 is 1.65 bits per heavy atom. The fraction of sp³-hybridized carbons (Fsp3) is 0.714. The van der Waals surface area contributed by atoms with Gasteiger partial charge in [0.1, 0.15) is 0 Å². The maximum atomic E-state index is 6.57. The molecule has 1 aromatic rings. The zero-order valence-corrected chi connectivity index (χ0v) is 15.7. The van der Waals surface area contributed by atoms with Gasteiger partial charge in [-0.1, -0.05) is 59.3 Å². The van der Waals surface area contributed by atoms with E-state index in [1.54, 1.807) is 0 Å². The SMILES string of the molecule is CCCCCc1cc(N)c(CCCCC)c(CCCCC)c1N. The van der Waals surface area contributed by atoms with Crippen molar-refractivity contribution in [3.05, 3.63) is 22.8 Å². The number of unbranched alkanes of at least 4 members (excludes halogenated alkanes) is 6. The van der Waals surface area contributed by atoms with Crippen LogP contribution in [-0.2, 0) is 19.3 Å². The van der Waals surface area contributed by atoms with Crippen LogP contribution < -0.4 is 11.5 Å². The van der Waals surface area contributed by atoms with E-state index in [1.165, 1.54) is 74.5 Å². The molecule has 0 saturated heterocycles. The first-order chi connectivity index (χ1) is 11.2. The van der Waals surface area contributed by atoms with Crippen molar-refractivity contribution in [3.63, 3.8) is 0 Å². The number of rotatable bonds is 12. The summed E-state index contributed by atoms with van der Waals surface area (Å²) in [7, 11) is 0. The van der Waals surface area contributed by atoms with Crippen LogP contribution >= 0.6 is 0 Å². The lowest BCUT2D eigenvalue weighted by Gasteiger charge is -2.19. The number of nitrogen functional groups attached to an aromatic ring is 2. The van der Waals surface area contributed by atoms with Crippen molar-refractivity contribution in [3.8, 4) is 0 Å². The van der Waals surface area contributed by atoms with Gasteiger partial charge in [-0.3, -0.25) is 0 Å². The molecule has 0 saturated carbocycles. The zero-order chi connectivity index (χ0) is 17.1. The lowest BCUT2D eigenvalue weighted by Crippen LogP contribution is -2.09. The molecule has 132 valence electrons. The fourth-order valence-corrected chi connectivity index (χ4v) is 3.34. The van der Waals surface area contributed by atoms with Crippen LogP contribution in [0.2, 0.25) is 0 Å². The minimum atomic E-state index is 0.980. The van der Waals surface area contributed by atoms with Gasteiger partial charge in [0.05, 0.1) is 0 Å². The molecule has 0 spiro atoms. The third-order valence-corrected chi connectivity index (χ3v) is 4.82. The molecule has 0 amide bonds. The van der Waals surface area contributed by atoms with Crippen molar-refractivity contribution in [2.75, 3.05) is 11.5 Å². The van der Waals surface area contributed by atoms with Crippen LogP contribution in [0.4, 0.5) is 11.4 Å². The van der Waals surface area contributed by atoms with Gasteiger partial charge in [0.2, 0.25) is 0 Å². The second-order valence-electron chi connectivity index (χ2n) is 6.87. The van der Waals surface area contributed by atoms with Crippen LogP contribution in [0.1, 0.15) is 95.2 Å². The summed E-state index contributed by atoms with van der Waals surface area (Å²) in [5, 5.41) is 0. The molecular formula is C21H38N2. The van der Waals surface area contributed by atoms with Crippen LogP contribution in [0.3, 0.4) is 0 Å². The van der Waals surface area contributed by atoms with Gasteiger partial charge in [-0.15, -0.1) is 0 Å². The standard InChI is InChI=1S/C21H38N2/c1-4-7-10-13-17-16-20(22)18(14-11-8-5-2)19(21(17)23)15-12-9-6-3/h16H,4-15,22-23H2,1-3H3. The molecule has 1 aromatic carbocycles. The summed E-state index contributed by atoms with van der Waals surface area (Å²) in [6.45, 7) is 6.74. The summed E-state index contributed by atoms with van der Waals surface area (Å²) in [5.41, 5.74) is 19.0. The van der Waals surface area contributed by atoms with Gasteiger partial charge < -0.3 is 11.5 Å². The summed E-state index contributed by atoms with van der Waals surface area (Å²) in [6.07, 6.45) is 14.4. The number of benzene rings is 1. The Kier molecular flexibility index (Phi) is 9.82. The third-order valence-electron chi connectivity index (χ3n) is 4.82. The second-order valence-corrected chi connectivity index (χ2v) is 6.87. The highest BCUT2D eigenvalue weighted by Gasteiger charge is 2.14. The van der Waals surface area contributed by atoms with Gasteiger partial charge in [0, 0.05) is 11.4 Å². The van der Waals surface area contributed by atoms with Gasteiger partial charge in [-0.05, 0) is 61.3 Å². The van der Waals surface area contributed by atoms with Gasteiger partial charge in [0.25, 0.3) is 0 Å². The van der Waals surface area contributed by atoms with E-state index in [2.05, 4.69) is 26.8 Å². The van der Waals surface area contributed by atoms with Gasteiger partial charge in [0.15, 0.2) is 0 Å². The molecule has 0 radical (unpaired) electrons. The predicted octanol–water partition coefficient (Wildman–Crippen LogP) is 6.05. The molecule has 0 unspecified atom stereocenters. The van der Waals surface area contributed by atoms with Gasteiger partial charge in [-0.25, -0.2) is 0 Å². The number of aryl methyl sites for hydroxylation is 1. The van der Waals surface area contributed by atoms with Crippen molar-refractivity contribution >= 4 is 11.4 Å². The Labute approximate surface area is 144 Å². The molecule has 0 fully saturated rings. The topological polar surface area (TPSA) is 52.0 Å². The molecule has 0 aliphatic rings. The Bertz CT molecular complexity index is 452. The van der Waals surface area contributed by atoms with E-state index >= 15 is 0 Å². The molecule has 0 heterocycles. The van der Waals surface area contributed by atoms with E-state index in [1.807, 2.05) is 0 Å². The molecule has 0 aliphatic heterocycles. The normalized spacial score (nSPS) is 11.1. The molecule has 0 aliphatic carbocycles. The number of hydrogen-bond donors (Lipinski definition) is 2. The van der Waals surface area contributed by atoms with Crippen molar-refractivity contribution in [1.82, 2.24) is 0 Å². The molecule has 0 aromatic heterocycles. The van der Waals surface area contributed by atoms with Crippen molar-refractivity contribution < 1.29 is 0 Å². The molecule has 23 heavy (non-hydrogen) atoms. The van der Waals surface area contributed by atoms with E-state index in [-0.39, 0.29) is 0 Å². The average molecular weight is 319 g/mol. The first-order valence-corrected chi connectivity index (χ1v) is 9.84. The van der Waals surface area contributed by atoms with E-state index < -0.39 is 0 Å². The third kappa shape index (κ3) is 6.45. The average Bonchev–Trinajstić information content (AvgIpc) is 2.54. The van der Waals surface area contributed by atoms with E-state index in [0.29, 0.717) is 0 Å². The highest BCUT2D eigenvalue weighted by Crippen LogP contribution is 2.31. The maximum absolute atomic E-state index is 6.57. The summed E-state index contributed by atoms with van der Waals surface area (Å²) in [5.74, 6) is 0. The van der Waals surface area contributed by atoms with Crippen LogP contribution in [-0.4, -0.2) is 0 Å². The van der Waals surface area contributed by atoms with Crippen LogP contribution in [0.5, 0.6) is 0 Å². The minimum Gasteiger partial charge on any atom is -0.398 e. The summed E-state index contributed by atoms with van der Waals surface area (Å²) in [4.78, 5) is 0. The van der Waals surface area contributed by atoms with Crippen LogP contribution in [0.25, 0.3) is 0 Å². The first kappa shape index (κ1) is 19.9. The number of anilines is 2. The van der Waals surface area contributed by atoms with Gasteiger partial charge in [-0.2, -0.15) is 0 Å². The Morgan fingerprint density at radius 1 is 0.652 bits per heavy atom. The second kappa shape index (κ2) is 11.4. The van der Waals surface area contributed by atoms with E-state index in [0.717, 1.165) is 30.6 Å². The fourth-order valence-electron chi connectivity index (χ4n) is 3.34. The predicted molar refractivity (Wildman–Crippen MR) is 105 cm³/mol.